The van der Waals surface area contributed by atoms with Crippen LogP contribution in [0.2, 0.25) is 0 Å². The second-order valence-electron chi connectivity index (χ2n) is 6.75. The lowest BCUT2D eigenvalue weighted by atomic mass is 10.0. The summed E-state index contributed by atoms with van der Waals surface area (Å²) < 4.78 is 10.8. The van der Waals surface area contributed by atoms with E-state index in [1.807, 2.05) is 24.3 Å². The minimum atomic E-state index is -0.552. The average molecular weight is 430 g/mol. The molecule has 1 amide bonds. The van der Waals surface area contributed by atoms with E-state index in [2.05, 4.69) is 10.3 Å². The number of pyridine rings is 2. The van der Waals surface area contributed by atoms with Crippen LogP contribution >= 0.6 is 0 Å². The van der Waals surface area contributed by atoms with Gasteiger partial charge in [0.05, 0.1) is 35.9 Å². The number of nitrogens with zero attached hydrogens (tertiary/aromatic N) is 3. The number of benzene rings is 2. The maximum absolute atomic E-state index is 13.1. The summed E-state index contributed by atoms with van der Waals surface area (Å²) in [6.45, 7) is 0. The summed E-state index contributed by atoms with van der Waals surface area (Å²) in [5, 5.41) is 14.2. The third-order valence-corrected chi connectivity index (χ3v) is 4.85. The van der Waals surface area contributed by atoms with E-state index in [0.29, 0.717) is 39.2 Å². The third kappa shape index (κ3) is 4.04. The summed E-state index contributed by atoms with van der Waals surface area (Å²) in [6, 6.07) is 16.9. The summed E-state index contributed by atoms with van der Waals surface area (Å²) in [5.41, 5.74) is 2.09. The number of fused-ring (bicyclic) bond motifs is 1. The first kappa shape index (κ1) is 20.7. The summed E-state index contributed by atoms with van der Waals surface area (Å²) in [4.78, 5) is 32.0. The smallest absolute Gasteiger partial charge is 0.287 e. The summed E-state index contributed by atoms with van der Waals surface area (Å²) >= 11 is 0. The molecule has 160 valence electrons. The summed E-state index contributed by atoms with van der Waals surface area (Å²) in [6.07, 6.45) is 1.09. The van der Waals surface area contributed by atoms with Gasteiger partial charge in [0.2, 0.25) is 0 Å². The Kier molecular flexibility index (Phi) is 5.63. The van der Waals surface area contributed by atoms with E-state index in [-0.39, 0.29) is 11.5 Å². The Balaban J connectivity index is 1.77. The molecule has 9 nitrogen and oxygen atoms in total. The van der Waals surface area contributed by atoms with Crippen LogP contribution in [0.3, 0.4) is 0 Å². The number of methoxy groups -OCH3 is 2. The van der Waals surface area contributed by atoms with Gasteiger partial charge in [0.25, 0.3) is 11.6 Å². The molecule has 0 radical (unpaired) electrons. The van der Waals surface area contributed by atoms with Crippen molar-refractivity contribution in [2.45, 2.75) is 0 Å². The van der Waals surface area contributed by atoms with Crippen molar-refractivity contribution in [1.82, 2.24) is 9.97 Å². The van der Waals surface area contributed by atoms with Crippen LogP contribution in [0.5, 0.6) is 11.5 Å². The highest BCUT2D eigenvalue weighted by molar-refractivity contribution is 6.12. The second kappa shape index (κ2) is 8.68. The fraction of sp³-hybridized carbons (Fsp3) is 0.0870. The van der Waals surface area contributed by atoms with E-state index >= 15 is 0 Å². The number of amides is 1. The molecule has 9 heteroatoms. The van der Waals surface area contributed by atoms with Crippen LogP contribution in [0, 0.1) is 10.1 Å². The second-order valence-corrected chi connectivity index (χ2v) is 6.75. The Morgan fingerprint density at radius 3 is 2.53 bits per heavy atom. The number of carbonyl (C=O) groups is 1. The van der Waals surface area contributed by atoms with Crippen LogP contribution in [0.15, 0.2) is 66.9 Å². The van der Waals surface area contributed by atoms with Gasteiger partial charge in [0.15, 0.2) is 0 Å². The topological polar surface area (TPSA) is 116 Å². The van der Waals surface area contributed by atoms with Crippen molar-refractivity contribution >= 4 is 28.3 Å². The maximum atomic E-state index is 13.1. The zero-order valence-corrected chi connectivity index (χ0v) is 17.2. The highest BCUT2D eigenvalue weighted by Crippen LogP contribution is 2.34. The van der Waals surface area contributed by atoms with Gasteiger partial charge in [-0.2, -0.15) is 0 Å². The number of carbonyl (C=O) groups excluding carboxylic acids is 1. The maximum Gasteiger partial charge on any atom is 0.287 e. The highest BCUT2D eigenvalue weighted by atomic mass is 16.6. The first-order valence-corrected chi connectivity index (χ1v) is 9.54. The summed E-state index contributed by atoms with van der Waals surface area (Å²) in [5.74, 6) is 0.966. The van der Waals surface area contributed by atoms with Gasteiger partial charge in [-0.05, 0) is 30.3 Å². The first-order chi connectivity index (χ1) is 15.5. The van der Waals surface area contributed by atoms with Gasteiger partial charge in [-0.25, -0.2) is 9.97 Å². The van der Waals surface area contributed by atoms with Crippen LogP contribution in [-0.4, -0.2) is 35.0 Å². The number of hydrogen-bond donors (Lipinski definition) is 1. The molecule has 4 rings (SSSR count). The number of aromatic nitrogens is 2. The minimum Gasteiger partial charge on any atom is -0.497 e. The van der Waals surface area contributed by atoms with Gasteiger partial charge in [0.1, 0.15) is 23.5 Å². The Labute approximate surface area is 182 Å². The first-order valence-electron chi connectivity index (χ1n) is 9.54. The molecule has 0 aliphatic carbocycles. The minimum absolute atomic E-state index is 0.161. The molecule has 0 spiro atoms. The van der Waals surface area contributed by atoms with Crippen LogP contribution in [0.4, 0.5) is 11.5 Å². The monoisotopic (exact) mass is 430 g/mol. The van der Waals surface area contributed by atoms with E-state index < -0.39 is 10.8 Å². The molecule has 2 aromatic heterocycles. The lowest BCUT2D eigenvalue weighted by molar-refractivity contribution is -0.385. The molecule has 0 fully saturated rings. The Morgan fingerprint density at radius 2 is 1.84 bits per heavy atom. The molecule has 2 heterocycles. The van der Waals surface area contributed by atoms with Gasteiger partial charge >= 0.3 is 0 Å². The number of hydrogen-bond acceptors (Lipinski definition) is 7. The van der Waals surface area contributed by atoms with Gasteiger partial charge in [0, 0.05) is 23.1 Å². The largest absolute Gasteiger partial charge is 0.497 e. The number of para-hydroxylation sites is 1. The molecular weight excluding hydrogens is 412 g/mol. The fourth-order valence-electron chi connectivity index (χ4n) is 3.26. The zero-order valence-electron chi connectivity index (χ0n) is 17.2. The average Bonchev–Trinajstić information content (AvgIpc) is 2.83. The van der Waals surface area contributed by atoms with E-state index in [1.54, 1.807) is 38.5 Å². The Bertz CT molecular complexity index is 1320. The number of rotatable bonds is 6. The van der Waals surface area contributed by atoms with Crippen LogP contribution < -0.4 is 14.8 Å². The molecule has 32 heavy (non-hydrogen) atoms. The molecule has 0 aliphatic rings. The molecule has 0 saturated carbocycles. The van der Waals surface area contributed by atoms with Gasteiger partial charge < -0.3 is 14.8 Å². The predicted molar refractivity (Wildman–Crippen MR) is 119 cm³/mol. The normalized spacial score (nSPS) is 10.6. The van der Waals surface area contributed by atoms with Crippen molar-refractivity contribution in [2.24, 2.45) is 0 Å². The lowest BCUT2D eigenvalue weighted by Gasteiger charge is -2.13. The van der Waals surface area contributed by atoms with Crippen molar-refractivity contribution in [3.63, 3.8) is 0 Å². The van der Waals surface area contributed by atoms with E-state index in [4.69, 9.17) is 14.5 Å². The number of nitrogens with one attached hydrogen (secondary N) is 1. The van der Waals surface area contributed by atoms with Crippen molar-refractivity contribution < 1.29 is 19.2 Å². The van der Waals surface area contributed by atoms with E-state index in [1.165, 1.54) is 12.1 Å². The van der Waals surface area contributed by atoms with Gasteiger partial charge in [-0.3, -0.25) is 14.9 Å². The predicted octanol–water partition coefficient (Wildman–Crippen LogP) is 4.47. The van der Waals surface area contributed by atoms with E-state index in [9.17, 15) is 14.9 Å². The van der Waals surface area contributed by atoms with Crippen LogP contribution in [-0.2, 0) is 0 Å². The van der Waals surface area contributed by atoms with Crippen molar-refractivity contribution in [3.05, 3.63) is 82.5 Å². The molecule has 1 N–H and O–H groups in total. The third-order valence-electron chi connectivity index (χ3n) is 4.85. The molecule has 0 bridgehead atoms. The molecule has 0 unspecified atom stereocenters. The van der Waals surface area contributed by atoms with Crippen molar-refractivity contribution in [2.75, 3.05) is 19.5 Å². The Hall–Kier alpha value is -4.53. The number of nitro groups is 1. The van der Waals surface area contributed by atoms with Gasteiger partial charge in [-0.1, -0.05) is 18.2 Å². The molecule has 0 atom stereocenters. The quantitative estimate of drug-likeness (QED) is 0.354. The Morgan fingerprint density at radius 1 is 1.03 bits per heavy atom. The SMILES string of the molecule is COc1ccc(-c2cc(C(=O)Nc3ccc([N+](=O)[O-])cn3)c3ccccc3n2)c(OC)c1. The molecule has 0 saturated heterocycles. The van der Waals surface area contributed by atoms with Crippen molar-refractivity contribution in [3.8, 4) is 22.8 Å². The zero-order chi connectivity index (χ0) is 22.7. The molecule has 0 aliphatic heterocycles. The molecule has 4 aromatic rings. The molecular formula is C23H18N4O5. The van der Waals surface area contributed by atoms with Crippen LogP contribution in [0.1, 0.15) is 10.4 Å². The lowest BCUT2D eigenvalue weighted by Crippen LogP contribution is -2.14. The van der Waals surface area contributed by atoms with Crippen molar-refractivity contribution in [1.29, 1.82) is 0 Å². The summed E-state index contributed by atoms with van der Waals surface area (Å²) in [7, 11) is 3.12. The molecule has 2 aromatic carbocycles. The van der Waals surface area contributed by atoms with Crippen LogP contribution in [0.25, 0.3) is 22.2 Å². The van der Waals surface area contributed by atoms with E-state index in [0.717, 1.165) is 6.20 Å². The fourth-order valence-corrected chi connectivity index (χ4v) is 3.26. The van der Waals surface area contributed by atoms with Gasteiger partial charge in [-0.15, -0.1) is 0 Å². The number of anilines is 1. The highest BCUT2D eigenvalue weighted by Gasteiger charge is 2.17. The standard InChI is InChI=1S/C23H18N4O5/c1-31-15-8-9-17(21(11-15)32-2)20-12-18(16-5-3-4-6-19(16)25-20)23(28)26-22-10-7-14(13-24-22)27(29)30/h3-13H,1-2H3,(H,24,26,28). The number of ether oxygens (including phenoxy) is 2.